The summed E-state index contributed by atoms with van der Waals surface area (Å²) in [6.07, 6.45) is 4.30. The maximum atomic E-state index is 12.6. The molecule has 1 heterocycles. The maximum absolute atomic E-state index is 12.6. The lowest BCUT2D eigenvalue weighted by atomic mass is 9.87. The van der Waals surface area contributed by atoms with Crippen LogP contribution < -0.4 is 5.32 Å². The molecule has 1 aromatic rings. The van der Waals surface area contributed by atoms with E-state index < -0.39 is 10.0 Å². The Morgan fingerprint density at radius 2 is 1.68 bits per heavy atom. The molecule has 1 saturated carbocycles. The first-order chi connectivity index (χ1) is 12.0. The molecule has 1 aliphatic carbocycles. The highest BCUT2D eigenvalue weighted by molar-refractivity contribution is 7.89. The fourth-order valence-electron chi connectivity index (χ4n) is 3.39. The van der Waals surface area contributed by atoms with Crippen molar-refractivity contribution >= 4 is 15.9 Å². The summed E-state index contributed by atoms with van der Waals surface area (Å²) < 4.78 is 31.8. The molecule has 0 radical (unpaired) electrons. The molecule has 1 N–H and O–H groups in total. The second kappa shape index (κ2) is 7.85. The Balaban J connectivity index is 1.64. The number of nitrogens with zero attached hydrogens (tertiary/aromatic N) is 1. The molecule has 1 amide bonds. The molecule has 6 nitrogen and oxygen atoms in total. The molecule has 0 aromatic heterocycles. The number of nitrogens with one attached hydrogen (secondary N) is 1. The number of sulfonamides is 1. The predicted octanol–water partition coefficient (Wildman–Crippen LogP) is 2.02. The van der Waals surface area contributed by atoms with Crippen molar-refractivity contribution in [3.05, 3.63) is 29.8 Å². The summed E-state index contributed by atoms with van der Waals surface area (Å²) >= 11 is 0. The number of carbonyl (C=O) groups is 1. The first kappa shape index (κ1) is 18.4. The highest BCUT2D eigenvalue weighted by Crippen LogP contribution is 2.24. The summed E-state index contributed by atoms with van der Waals surface area (Å²) in [5.74, 6) is 0.604. The van der Waals surface area contributed by atoms with E-state index in [0.29, 0.717) is 31.9 Å². The van der Waals surface area contributed by atoms with Gasteiger partial charge in [-0.1, -0.05) is 6.92 Å². The van der Waals surface area contributed by atoms with Crippen LogP contribution in [-0.2, 0) is 14.8 Å². The number of hydrogen-bond donors (Lipinski definition) is 1. The van der Waals surface area contributed by atoms with Crippen molar-refractivity contribution in [3.8, 4) is 0 Å². The number of benzene rings is 1. The molecular weight excluding hydrogens is 340 g/mol. The van der Waals surface area contributed by atoms with Crippen LogP contribution in [0.4, 0.5) is 0 Å². The molecule has 25 heavy (non-hydrogen) atoms. The number of carbonyl (C=O) groups excluding carboxylic acids is 1. The Labute approximate surface area is 149 Å². The van der Waals surface area contributed by atoms with Crippen LogP contribution in [0.2, 0.25) is 0 Å². The Morgan fingerprint density at radius 3 is 2.28 bits per heavy atom. The van der Waals surface area contributed by atoms with E-state index in [-0.39, 0.29) is 16.8 Å². The molecule has 2 fully saturated rings. The van der Waals surface area contributed by atoms with Crippen molar-refractivity contribution in [2.45, 2.75) is 43.5 Å². The zero-order valence-corrected chi connectivity index (χ0v) is 15.4. The number of morpholine rings is 1. The molecule has 138 valence electrons. The van der Waals surface area contributed by atoms with Crippen molar-refractivity contribution in [1.29, 1.82) is 0 Å². The lowest BCUT2D eigenvalue weighted by Crippen LogP contribution is -2.40. The van der Waals surface area contributed by atoms with E-state index in [1.165, 1.54) is 16.4 Å². The average Bonchev–Trinajstić information content (AvgIpc) is 2.64. The van der Waals surface area contributed by atoms with E-state index in [0.717, 1.165) is 31.6 Å². The van der Waals surface area contributed by atoms with Gasteiger partial charge in [-0.05, 0) is 55.9 Å². The molecule has 1 saturated heterocycles. The summed E-state index contributed by atoms with van der Waals surface area (Å²) in [6.45, 7) is 3.81. The van der Waals surface area contributed by atoms with Gasteiger partial charge in [-0.15, -0.1) is 0 Å². The third kappa shape index (κ3) is 4.40. The van der Waals surface area contributed by atoms with Gasteiger partial charge in [-0.2, -0.15) is 4.31 Å². The fraction of sp³-hybridized carbons (Fsp3) is 0.611. The van der Waals surface area contributed by atoms with Crippen molar-refractivity contribution in [1.82, 2.24) is 9.62 Å². The van der Waals surface area contributed by atoms with E-state index >= 15 is 0 Å². The molecule has 1 aliphatic heterocycles. The third-order valence-corrected chi connectivity index (χ3v) is 6.99. The number of ether oxygens (including phenoxy) is 1. The SMILES string of the molecule is CC1CCC(NC(=O)c2ccc(S(=O)(=O)N3CCOCC3)cc2)CC1. The molecule has 7 heteroatoms. The van der Waals surface area contributed by atoms with Crippen molar-refractivity contribution in [2.75, 3.05) is 26.3 Å². The van der Waals surface area contributed by atoms with Crippen molar-refractivity contribution in [2.24, 2.45) is 5.92 Å². The number of hydrogen-bond acceptors (Lipinski definition) is 4. The number of amides is 1. The standard InChI is InChI=1S/C18H26N2O4S/c1-14-2-6-16(7-3-14)19-18(21)15-4-8-17(9-5-15)25(22,23)20-10-12-24-13-11-20/h4-5,8-9,14,16H,2-3,6-7,10-13H2,1H3,(H,19,21). The molecular formula is C18H26N2O4S. The molecule has 0 bridgehead atoms. The van der Waals surface area contributed by atoms with Crippen LogP contribution in [0.1, 0.15) is 43.0 Å². The highest BCUT2D eigenvalue weighted by Gasteiger charge is 2.26. The largest absolute Gasteiger partial charge is 0.379 e. The average molecular weight is 366 g/mol. The van der Waals surface area contributed by atoms with Crippen LogP contribution >= 0.6 is 0 Å². The quantitative estimate of drug-likeness (QED) is 0.884. The predicted molar refractivity (Wildman–Crippen MR) is 94.9 cm³/mol. The summed E-state index contributed by atoms with van der Waals surface area (Å²) in [7, 11) is -3.52. The van der Waals surface area contributed by atoms with E-state index in [4.69, 9.17) is 4.74 Å². The fourth-order valence-corrected chi connectivity index (χ4v) is 4.80. The van der Waals surface area contributed by atoms with Crippen LogP contribution in [0.15, 0.2) is 29.2 Å². The van der Waals surface area contributed by atoms with Gasteiger partial charge in [0, 0.05) is 24.7 Å². The van der Waals surface area contributed by atoms with Crippen molar-refractivity contribution < 1.29 is 17.9 Å². The zero-order valence-electron chi connectivity index (χ0n) is 14.6. The molecule has 2 aliphatic rings. The second-order valence-electron chi connectivity index (χ2n) is 6.97. The summed E-state index contributed by atoms with van der Waals surface area (Å²) in [4.78, 5) is 12.6. The molecule has 0 unspecified atom stereocenters. The molecule has 1 aromatic carbocycles. The summed E-state index contributed by atoms with van der Waals surface area (Å²) in [5.41, 5.74) is 0.500. The summed E-state index contributed by atoms with van der Waals surface area (Å²) in [6, 6.07) is 6.44. The van der Waals surface area contributed by atoms with Gasteiger partial charge in [-0.3, -0.25) is 4.79 Å². The number of rotatable bonds is 4. The van der Waals surface area contributed by atoms with Gasteiger partial charge in [-0.25, -0.2) is 8.42 Å². The topological polar surface area (TPSA) is 75.7 Å². The monoisotopic (exact) mass is 366 g/mol. The highest BCUT2D eigenvalue weighted by atomic mass is 32.2. The Kier molecular flexibility index (Phi) is 5.76. The van der Waals surface area contributed by atoms with Gasteiger partial charge >= 0.3 is 0 Å². The normalized spacial score (nSPS) is 25.5. The minimum atomic E-state index is -3.52. The van der Waals surface area contributed by atoms with Crippen LogP contribution in [-0.4, -0.2) is 51.0 Å². The van der Waals surface area contributed by atoms with Gasteiger partial charge in [0.05, 0.1) is 18.1 Å². The lowest BCUT2D eigenvalue weighted by Gasteiger charge is -2.27. The smallest absolute Gasteiger partial charge is 0.251 e. The van der Waals surface area contributed by atoms with Gasteiger partial charge < -0.3 is 10.1 Å². The van der Waals surface area contributed by atoms with E-state index in [1.54, 1.807) is 12.1 Å². The zero-order chi connectivity index (χ0) is 17.9. The van der Waals surface area contributed by atoms with E-state index in [1.807, 2.05) is 0 Å². The first-order valence-electron chi connectivity index (χ1n) is 8.95. The van der Waals surface area contributed by atoms with E-state index in [2.05, 4.69) is 12.2 Å². The second-order valence-corrected chi connectivity index (χ2v) is 8.91. The minimum absolute atomic E-state index is 0.130. The van der Waals surface area contributed by atoms with Gasteiger partial charge in [0.2, 0.25) is 10.0 Å². The Hall–Kier alpha value is -1.44. The molecule has 3 rings (SSSR count). The van der Waals surface area contributed by atoms with Crippen LogP contribution in [0.25, 0.3) is 0 Å². The van der Waals surface area contributed by atoms with Crippen LogP contribution in [0.5, 0.6) is 0 Å². The van der Waals surface area contributed by atoms with Gasteiger partial charge in [0.1, 0.15) is 0 Å². The third-order valence-electron chi connectivity index (χ3n) is 5.08. The first-order valence-corrected chi connectivity index (χ1v) is 10.4. The Morgan fingerprint density at radius 1 is 1.08 bits per heavy atom. The van der Waals surface area contributed by atoms with Crippen molar-refractivity contribution in [3.63, 3.8) is 0 Å². The molecule has 0 spiro atoms. The lowest BCUT2D eigenvalue weighted by molar-refractivity contribution is 0.0730. The van der Waals surface area contributed by atoms with Gasteiger partial charge in [0.25, 0.3) is 5.91 Å². The summed E-state index contributed by atoms with van der Waals surface area (Å²) in [5, 5.41) is 3.06. The van der Waals surface area contributed by atoms with E-state index in [9.17, 15) is 13.2 Å². The van der Waals surface area contributed by atoms with Gasteiger partial charge in [0.15, 0.2) is 0 Å². The Bertz CT molecular complexity index is 688. The maximum Gasteiger partial charge on any atom is 0.251 e. The van der Waals surface area contributed by atoms with Crippen LogP contribution in [0.3, 0.4) is 0 Å². The molecule has 0 atom stereocenters. The van der Waals surface area contributed by atoms with Crippen LogP contribution in [0, 0.1) is 5.92 Å². The minimum Gasteiger partial charge on any atom is -0.379 e.